The highest BCUT2D eigenvalue weighted by Crippen LogP contribution is 2.24. The van der Waals surface area contributed by atoms with Crippen LogP contribution in [0.4, 0.5) is 0 Å². The van der Waals surface area contributed by atoms with Gasteiger partial charge in [0, 0.05) is 37.2 Å². The van der Waals surface area contributed by atoms with Gasteiger partial charge >= 0.3 is 0 Å². The van der Waals surface area contributed by atoms with Crippen LogP contribution in [-0.2, 0) is 4.79 Å². The molecule has 0 aliphatic carbocycles. The lowest BCUT2D eigenvalue weighted by Gasteiger charge is -2.13. The fraction of sp³-hybridized carbons (Fsp3) is 0.316. The van der Waals surface area contributed by atoms with Crippen molar-refractivity contribution in [1.82, 2.24) is 14.9 Å². The minimum absolute atomic E-state index is 0.0368. The molecule has 1 amide bonds. The smallest absolute Gasteiger partial charge is 0.267 e. The molecule has 1 saturated heterocycles. The number of rotatable bonds is 3. The summed E-state index contributed by atoms with van der Waals surface area (Å²) in [6, 6.07) is 8.72. The summed E-state index contributed by atoms with van der Waals surface area (Å²) >= 11 is 0. The number of amides is 1. The van der Waals surface area contributed by atoms with Crippen molar-refractivity contribution in [3.63, 3.8) is 0 Å². The first-order valence-electron chi connectivity index (χ1n) is 8.30. The molecule has 1 aliphatic heterocycles. The number of likely N-dealkylation sites (N-methyl/N-ethyl adjacent to an activating group) is 1. The van der Waals surface area contributed by atoms with Gasteiger partial charge < -0.3 is 19.8 Å². The lowest BCUT2D eigenvalue weighted by Crippen LogP contribution is -2.37. The van der Waals surface area contributed by atoms with Crippen LogP contribution in [0.3, 0.4) is 0 Å². The number of methoxy groups -OCH3 is 1. The first kappa shape index (κ1) is 18.8. The Kier molecular flexibility index (Phi) is 5.10. The Labute approximate surface area is 156 Å². The van der Waals surface area contributed by atoms with Gasteiger partial charge in [0.05, 0.1) is 12.8 Å². The zero-order chi connectivity index (χ0) is 19.6. The van der Waals surface area contributed by atoms with Gasteiger partial charge in [0.1, 0.15) is 0 Å². The fourth-order valence-electron chi connectivity index (χ4n) is 2.73. The average Bonchev–Trinajstić information content (AvgIpc) is 2.94. The highest BCUT2D eigenvalue weighted by Gasteiger charge is 2.42. The van der Waals surface area contributed by atoms with Crippen molar-refractivity contribution in [2.45, 2.75) is 18.2 Å². The molecule has 2 heterocycles. The topological polar surface area (TPSA) is 122 Å². The third kappa shape index (κ3) is 3.90. The summed E-state index contributed by atoms with van der Waals surface area (Å²) in [5, 5.41) is 20.0. The number of nitrogens with zero attached hydrogens (tertiary/aromatic N) is 3. The maximum atomic E-state index is 12.0. The molecule has 8 nitrogen and oxygen atoms in total. The maximum Gasteiger partial charge on any atom is 0.267 e. The lowest BCUT2D eigenvalue weighted by molar-refractivity contribution is -0.137. The lowest BCUT2D eigenvalue weighted by atomic mass is 10.0. The van der Waals surface area contributed by atoms with E-state index >= 15 is 0 Å². The van der Waals surface area contributed by atoms with Gasteiger partial charge in [-0.15, -0.1) is 0 Å². The van der Waals surface area contributed by atoms with Gasteiger partial charge in [-0.3, -0.25) is 10.5 Å². The molecule has 1 aromatic heterocycles. The van der Waals surface area contributed by atoms with Crippen LogP contribution in [0.2, 0.25) is 0 Å². The number of benzene rings is 1. The van der Waals surface area contributed by atoms with Crippen molar-refractivity contribution < 1.29 is 19.7 Å². The number of carbonyl (C=O) groups excluding carboxylic acids is 1. The molecule has 8 heteroatoms. The summed E-state index contributed by atoms with van der Waals surface area (Å²) in [5.74, 6) is 5.45. The number of aliphatic hydroxyl groups excluding tert-OH is 1. The normalized spacial score (nSPS) is 20.2. The summed E-state index contributed by atoms with van der Waals surface area (Å²) in [7, 11) is 3.09. The molecule has 2 aromatic rings. The predicted molar refractivity (Wildman–Crippen MR) is 97.2 cm³/mol. The van der Waals surface area contributed by atoms with E-state index in [1.807, 2.05) is 6.07 Å². The van der Waals surface area contributed by atoms with Gasteiger partial charge in [0.25, 0.3) is 5.91 Å². The molecule has 0 bridgehead atoms. The molecule has 4 N–H and O–H groups in total. The van der Waals surface area contributed by atoms with Gasteiger partial charge in [0.2, 0.25) is 11.5 Å². The quantitative estimate of drug-likeness (QED) is 0.517. The number of hydrogen-bond acceptors (Lipinski definition) is 7. The van der Waals surface area contributed by atoms with Crippen molar-refractivity contribution >= 4 is 5.91 Å². The second-order valence-corrected chi connectivity index (χ2v) is 6.27. The molecular weight excluding hydrogens is 348 g/mol. The predicted octanol–water partition coefficient (Wildman–Crippen LogP) is 0.0465. The molecule has 0 radical (unpaired) electrons. The Hall–Kier alpha value is -2.99. The van der Waals surface area contributed by atoms with E-state index in [0.29, 0.717) is 23.4 Å². The molecular formula is C19H20N4O4. The summed E-state index contributed by atoms with van der Waals surface area (Å²) < 4.78 is 5.13. The van der Waals surface area contributed by atoms with Crippen LogP contribution in [0.5, 0.6) is 5.88 Å². The van der Waals surface area contributed by atoms with Crippen molar-refractivity contribution in [3.8, 4) is 29.0 Å². The molecule has 1 aliphatic rings. The SMILES string of the molecule is COc1cc(-c2cccc(C#CC3(O)CCN(C)C3=O)c2)nc(C(N)O)n1. The minimum atomic E-state index is -1.65. The molecule has 1 fully saturated rings. The van der Waals surface area contributed by atoms with E-state index in [1.54, 1.807) is 31.3 Å². The second kappa shape index (κ2) is 7.32. The van der Waals surface area contributed by atoms with Crippen LogP contribution < -0.4 is 10.5 Å². The first-order valence-corrected chi connectivity index (χ1v) is 8.30. The molecule has 1 aromatic carbocycles. The average molecular weight is 368 g/mol. The van der Waals surface area contributed by atoms with Crippen LogP contribution in [-0.4, -0.2) is 57.3 Å². The third-order valence-electron chi connectivity index (χ3n) is 4.28. The fourth-order valence-corrected chi connectivity index (χ4v) is 2.73. The highest BCUT2D eigenvalue weighted by atomic mass is 16.5. The van der Waals surface area contributed by atoms with Gasteiger partial charge in [-0.2, -0.15) is 4.98 Å². The summed E-state index contributed by atoms with van der Waals surface area (Å²) in [4.78, 5) is 21.7. The number of nitrogens with two attached hydrogens (primary N) is 1. The number of carbonyl (C=O) groups is 1. The Bertz CT molecular complexity index is 935. The van der Waals surface area contributed by atoms with E-state index in [-0.39, 0.29) is 18.1 Å². The molecule has 2 unspecified atom stereocenters. The van der Waals surface area contributed by atoms with E-state index < -0.39 is 17.7 Å². The zero-order valence-corrected chi connectivity index (χ0v) is 15.0. The van der Waals surface area contributed by atoms with Crippen LogP contribution in [0, 0.1) is 11.8 Å². The van der Waals surface area contributed by atoms with Crippen molar-refractivity contribution in [2.75, 3.05) is 20.7 Å². The minimum Gasteiger partial charge on any atom is -0.481 e. The Balaban J connectivity index is 1.95. The molecule has 27 heavy (non-hydrogen) atoms. The monoisotopic (exact) mass is 368 g/mol. The summed E-state index contributed by atoms with van der Waals surface area (Å²) in [6.07, 6.45) is -1.06. The first-order chi connectivity index (χ1) is 12.8. The molecule has 140 valence electrons. The van der Waals surface area contributed by atoms with E-state index in [2.05, 4.69) is 21.8 Å². The molecule has 3 rings (SSSR count). The zero-order valence-electron chi connectivity index (χ0n) is 15.0. The second-order valence-electron chi connectivity index (χ2n) is 6.27. The largest absolute Gasteiger partial charge is 0.481 e. The molecule has 2 atom stereocenters. The Morgan fingerprint density at radius 3 is 2.78 bits per heavy atom. The van der Waals surface area contributed by atoms with E-state index in [0.717, 1.165) is 0 Å². The third-order valence-corrected chi connectivity index (χ3v) is 4.28. The number of aliphatic hydroxyl groups is 2. The van der Waals surface area contributed by atoms with Crippen molar-refractivity contribution in [3.05, 3.63) is 41.7 Å². The van der Waals surface area contributed by atoms with Gasteiger partial charge in [-0.25, -0.2) is 4.98 Å². The Morgan fingerprint density at radius 1 is 1.37 bits per heavy atom. The Morgan fingerprint density at radius 2 is 2.15 bits per heavy atom. The van der Waals surface area contributed by atoms with E-state index in [9.17, 15) is 15.0 Å². The van der Waals surface area contributed by atoms with Crippen LogP contribution >= 0.6 is 0 Å². The van der Waals surface area contributed by atoms with E-state index in [1.165, 1.54) is 12.0 Å². The van der Waals surface area contributed by atoms with Gasteiger partial charge in [-0.05, 0) is 12.1 Å². The van der Waals surface area contributed by atoms with Gasteiger partial charge in [0.15, 0.2) is 12.1 Å². The van der Waals surface area contributed by atoms with Crippen LogP contribution in [0.25, 0.3) is 11.3 Å². The van der Waals surface area contributed by atoms with Gasteiger partial charge in [-0.1, -0.05) is 24.0 Å². The molecule has 0 spiro atoms. The highest BCUT2D eigenvalue weighted by molar-refractivity contribution is 5.90. The molecule has 0 saturated carbocycles. The van der Waals surface area contributed by atoms with Crippen molar-refractivity contribution in [1.29, 1.82) is 0 Å². The number of ether oxygens (including phenoxy) is 1. The summed E-state index contributed by atoms with van der Waals surface area (Å²) in [6.45, 7) is 0.467. The van der Waals surface area contributed by atoms with Crippen LogP contribution in [0.15, 0.2) is 30.3 Å². The number of aromatic nitrogens is 2. The van der Waals surface area contributed by atoms with E-state index in [4.69, 9.17) is 10.5 Å². The van der Waals surface area contributed by atoms with Crippen molar-refractivity contribution in [2.24, 2.45) is 5.73 Å². The number of likely N-dealkylation sites (tertiary alicyclic amines) is 1. The van der Waals surface area contributed by atoms with Crippen LogP contribution in [0.1, 0.15) is 24.0 Å². The number of hydrogen-bond donors (Lipinski definition) is 3. The maximum absolute atomic E-state index is 12.0. The summed E-state index contributed by atoms with van der Waals surface area (Å²) in [5.41, 5.74) is 5.61. The standard InChI is InChI=1S/C19H20N4O4/c1-23-9-8-19(26,18(23)25)7-6-12-4-3-5-13(10-12)14-11-15(27-2)22-17(21-14)16(20)24/h3-5,10-11,16,24,26H,8-9,20H2,1-2H3.